The SMILES string of the molecule is Cc1c(COc2ccccc2NC=C2C(=O)OC(C)(C)OC2=O)cnn1C. The molecule has 8 nitrogen and oxygen atoms in total. The van der Waals surface area contributed by atoms with Crippen LogP contribution in [0.15, 0.2) is 42.2 Å². The van der Waals surface area contributed by atoms with Crippen molar-refractivity contribution >= 4 is 17.6 Å². The summed E-state index contributed by atoms with van der Waals surface area (Å²) in [6, 6.07) is 7.19. The second-order valence-corrected chi connectivity index (χ2v) is 6.54. The summed E-state index contributed by atoms with van der Waals surface area (Å²) < 4.78 is 17.8. The second kappa shape index (κ2) is 7.14. The Kier molecular flexibility index (Phi) is 4.89. The number of ether oxygens (including phenoxy) is 3. The lowest BCUT2D eigenvalue weighted by Crippen LogP contribution is -2.42. The van der Waals surface area contributed by atoms with Gasteiger partial charge in [0.1, 0.15) is 12.4 Å². The number of carbonyl (C=O) groups is 2. The Bertz CT molecular complexity index is 892. The molecule has 1 fully saturated rings. The van der Waals surface area contributed by atoms with Crippen LogP contribution >= 0.6 is 0 Å². The van der Waals surface area contributed by atoms with E-state index in [0.29, 0.717) is 18.0 Å². The predicted molar refractivity (Wildman–Crippen MR) is 96.7 cm³/mol. The molecule has 2 aromatic rings. The van der Waals surface area contributed by atoms with E-state index in [1.165, 1.54) is 20.0 Å². The highest BCUT2D eigenvalue weighted by atomic mass is 16.7. The van der Waals surface area contributed by atoms with Crippen molar-refractivity contribution in [3.05, 3.63) is 53.5 Å². The van der Waals surface area contributed by atoms with Crippen molar-refractivity contribution in [1.82, 2.24) is 9.78 Å². The summed E-state index contributed by atoms with van der Waals surface area (Å²) in [7, 11) is 1.87. The lowest BCUT2D eigenvalue weighted by atomic mass is 10.2. The van der Waals surface area contributed by atoms with Gasteiger partial charge in [0, 0.05) is 38.4 Å². The van der Waals surface area contributed by atoms with E-state index in [2.05, 4.69) is 10.4 Å². The van der Waals surface area contributed by atoms with Crippen molar-refractivity contribution in [3.8, 4) is 5.75 Å². The zero-order valence-corrected chi connectivity index (χ0v) is 15.6. The smallest absolute Gasteiger partial charge is 0.350 e. The molecule has 1 N–H and O–H groups in total. The average molecular weight is 371 g/mol. The van der Waals surface area contributed by atoms with E-state index in [1.807, 2.05) is 26.1 Å². The number of aromatic nitrogens is 2. The third-order valence-electron chi connectivity index (χ3n) is 4.10. The summed E-state index contributed by atoms with van der Waals surface area (Å²) in [5, 5.41) is 7.10. The number of aryl methyl sites for hydroxylation is 1. The minimum atomic E-state index is -1.27. The van der Waals surface area contributed by atoms with E-state index < -0.39 is 17.7 Å². The Morgan fingerprint density at radius 3 is 2.52 bits per heavy atom. The number of nitrogens with one attached hydrogen (secondary N) is 1. The zero-order valence-electron chi connectivity index (χ0n) is 15.6. The number of hydrogen-bond acceptors (Lipinski definition) is 7. The molecule has 1 aromatic heterocycles. The van der Waals surface area contributed by atoms with Gasteiger partial charge < -0.3 is 19.5 Å². The molecule has 27 heavy (non-hydrogen) atoms. The Labute approximate surface area is 156 Å². The van der Waals surface area contributed by atoms with Gasteiger partial charge in [0.15, 0.2) is 5.57 Å². The van der Waals surface area contributed by atoms with Gasteiger partial charge in [-0.2, -0.15) is 5.10 Å². The van der Waals surface area contributed by atoms with E-state index in [1.54, 1.807) is 23.0 Å². The molecule has 142 valence electrons. The highest BCUT2D eigenvalue weighted by Crippen LogP contribution is 2.27. The number of para-hydroxylation sites is 2. The number of cyclic esters (lactones) is 2. The van der Waals surface area contributed by atoms with E-state index in [-0.39, 0.29) is 5.57 Å². The third-order valence-corrected chi connectivity index (χ3v) is 4.10. The van der Waals surface area contributed by atoms with Crippen molar-refractivity contribution in [3.63, 3.8) is 0 Å². The highest BCUT2D eigenvalue weighted by Gasteiger charge is 2.38. The van der Waals surface area contributed by atoms with Crippen LogP contribution in [0.4, 0.5) is 5.69 Å². The third kappa shape index (κ3) is 4.11. The van der Waals surface area contributed by atoms with Crippen LogP contribution in [0.1, 0.15) is 25.1 Å². The molecule has 0 spiro atoms. The molecule has 0 bridgehead atoms. The van der Waals surface area contributed by atoms with Crippen molar-refractivity contribution in [2.24, 2.45) is 7.05 Å². The first-order valence-corrected chi connectivity index (χ1v) is 8.39. The first-order valence-electron chi connectivity index (χ1n) is 8.39. The minimum Gasteiger partial charge on any atom is -0.487 e. The normalized spacial score (nSPS) is 15.8. The van der Waals surface area contributed by atoms with Crippen LogP contribution in [-0.4, -0.2) is 27.5 Å². The van der Waals surface area contributed by atoms with Gasteiger partial charge in [0.2, 0.25) is 0 Å². The van der Waals surface area contributed by atoms with Crippen molar-refractivity contribution in [1.29, 1.82) is 0 Å². The largest absolute Gasteiger partial charge is 0.487 e. The van der Waals surface area contributed by atoms with Gasteiger partial charge in [-0.25, -0.2) is 9.59 Å². The Morgan fingerprint density at radius 2 is 1.89 bits per heavy atom. The molecule has 0 aliphatic carbocycles. The fourth-order valence-corrected chi connectivity index (χ4v) is 2.48. The van der Waals surface area contributed by atoms with Crippen molar-refractivity contribution in [2.45, 2.75) is 33.2 Å². The average Bonchev–Trinajstić information content (AvgIpc) is 2.91. The Balaban J connectivity index is 1.73. The Morgan fingerprint density at radius 1 is 1.22 bits per heavy atom. The molecule has 0 unspecified atom stereocenters. The van der Waals surface area contributed by atoms with Crippen molar-refractivity contribution < 1.29 is 23.8 Å². The minimum absolute atomic E-state index is 0.216. The van der Waals surface area contributed by atoms with E-state index in [4.69, 9.17) is 14.2 Å². The maximum atomic E-state index is 12.0. The lowest BCUT2D eigenvalue weighted by molar-refractivity contribution is -0.222. The van der Waals surface area contributed by atoms with Crippen LogP contribution in [0.25, 0.3) is 0 Å². The maximum Gasteiger partial charge on any atom is 0.350 e. The molecular weight excluding hydrogens is 350 g/mol. The summed E-state index contributed by atoms with van der Waals surface area (Å²) in [5.74, 6) is -2.19. The Hall–Kier alpha value is -3.29. The number of hydrogen-bond donors (Lipinski definition) is 1. The van der Waals surface area contributed by atoms with Gasteiger partial charge in [-0.15, -0.1) is 0 Å². The fourth-order valence-electron chi connectivity index (χ4n) is 2.48. The van der Waals surface area contributed by atoms with Crippen LogP contribution in [0.2, 0.25) is 0 Å². The first-order chi connectivity index (χ1) is 12.8. The van der Waals surface area contributed by atoms with Crippen LogP contribution < -0.4 is 10.1 Å². The molecule has 0 radical (unpaired) electrons. The summed E-state index contributed by atoms with van der Waals surface area (Å²) >= 11 is 0. The summed E-state index contributed by atoms with van der Waals surface area (Å²) in [6.45, 7) is 5.29. The number of nitrogens with zero attached hydrogens (tertiary/aromatic N) is 2. The van der Waals surface area contributed by atoms with Crippen LogP contribution in [0.5, 0.6) is 5.75 Å². The molecule has 3 rings (SSSR count). The summed E-state index contributed by atoms with van der Waals surface area (Å²) in [5.41, 5.74) is 2.36. The number of rotatable bonds is 5. The van der Waals surface area contributed by atoms with E-state index in [0.717, 1.165) is 11.3 Å². The molecule has 1 aliphatic heterocycles. The van der Waals surface area contributed by atoms with Crippen LogP contribution in [0, 0.1) is 6.92 Å². The lowest BCUT2D eigenvalue weighted by Gasteiger charge is -2.29. The van der Waals surface area contributed by atoms with Gasteiger partial charge in [-0.3, -0.25) is 4.68 Å². The molecular formula is C19H21N3O5. The second-order valence-electron chi connectivity index (χ2n) is 6.54. The number of anilines is 1. The maximum absolute atomic E-state index is 12.0. The van der Waals surface area contributed by atoms with Gasteiger partial charge in [-0.1, -0.05) is 12.1 Å². The van der Waals surface area contributed by atoms with Crippen molar-refractivity contribution in [2.75, 3.05) is 5.32 Å². The molecule has 0 atom stereocenters. The van der Waals surface area contributed by atoms with Gasteiger partial charge in [0.25, 0.3) is 5.79 Å². The monoisotopic (exact) mass is 371 g/mol. The highest BCUT2D eigenvalue weighted by molar-refractivity contribution is 6.15. The number of carbonyl (C=O) groups excluding carboxylic acids is 2. The molecule has 1 saturated heterocycles. The number of benzene rings is 1. The van der Waals surface area contributed by atoms with E-state index >= 15 is 0 Å². The van der Waals surface area contributed by atoms with Gasteiger partial charge in [0.05, 0.1) is 11.9 Å². The predicted octanol–water partition coefficient (Wildman–Crippen LogP) is 2.44. The van der Waals surface area contributed by atoms with E-state index in [9.17, 15) is 9.59 Å². The van der Waals surface area contributed by atoms with Crippen LogP contribution in [0.3, 0.4) is 0 Å². The molecule has 0 saturated carbocycles. The topological polar surface area (TPSA) is 91.7 Å². The fraction of sp³-hybridized carbons (Fsp3) is 0.316. The summed E-state index contributed by atoms with van der Waals surface area (Å²) in [6.07, 6.45) is 3.01. The number of esters is 2. The van der Waals surface area contributed by atoms with Gasteiger partial charge in [-0.05, 0) is 19.1 Å². The molecule has 1 aromatic carbocycles. The van der Waals surface area contributed by atoms with Gasteiger partial charge >= 0.3 is 11.9 Å². The standard InChI is InChI=1S/C19H21N3O5/c1-12-13(9-21-22(12)4)11-25-16-8-6-5-7-15(16)20-10-14-17(23)26-19(2,3)27-18(14)24/h5-10,20H,11H2,1-4H3. The first kappa shape index (κ1) is 18.5. The van der Waals surface area contributed by atoms with Crippen LogP contribution in [-0.2, 0) is 32.7 Å². The quantitative estimate of drug-likeness (QED) is 0.490. The molecule has 2 heterocycles. The molecule has 0 amide bonds. The zero-order chi connectivity index (χ0) is 19.6. The molecule has 8 heteroatoms. The summed E-state index contributed by atoms with van der Waals surface area (Å²) in [4.78, 5) is 24.0. The molecule has 1 aliphatic rings.